The van der Waals surface area contributed by atoms with Crippen molar-refractivity contribution in [2.75, 3.05) is 46.3 Å². The average molecular weight is 430 g/mol. The van der Waals surface area contributed by atoms with Crippen molar-refractivity contribution in [3.05, 3.63) is 10.6 Å². The number of aromatic nitrogens is 2. The van der Waals surface area contributed by atoms with Gasteiger partial charge in [-0.25, -0.2) is 0 Å². The van der Waals surface area contributed by atoms with E-state index in [9.17, 15) is 4.79 Å². The third-order valence-electron chi connectivity index (χ3n) is 5.21. The first-order valence-electron chi connectivity index (χ1n) is 9.54. The summed E-state index contributed by atoms with van der Waals surface area (Å²) in [6.07, 6.45) is 2.21. The van der Waals surface area contributed by atoms with E-state index in [1.807, 2.05) is 11.8 Å². The van der Waals surface area contributed by atoms with E-state index in [4.69, 9.17) is 19.8 Å². The molecule has 0 aliphatic carbocycles. The van der Waals surface area contributed by atoms with E-state index in [0.29, 0.717) is 16.8 Å². The summed E-state index contributed by atoms with van der Waals surface area (Å²) in [5, 5.41) is 17.7. The second kappa shape index (κ2) is 13.2. The minimum Gasteiger partial charge on any atom is -0.483 e. The van der Waals surface area contributed by atoms with Crippen molar-refractivity contribution in [2.24, 2.45) is 5.92 Å². The van der Waals surface area contributed by atoms with Crippen LogP contribution in [0.15, 0.2) is 0 Å². The highest BCUT2D eigenvalue weighted by molar-refractivity contribution is 7.07. The van der Waals surface area contributed by atoms with Gasteiger partial charge in [0.05, 0.1) is 5.69 Å². The minimum atomic E-state index is -0.250. The predicted octanol–water partition coefficient (Wildman–Crippen LogP) is 0.736. The Morgan fingerprint density at radius 3 is 2.24 bits per heavy atom. The second-order valence-electron chi connectivity index (χ2n) is 7.24. The van der Waals surface area contributed by atoms with Gasteiger partial charge in [-0.05, 0) is 51.2 Å². The highest BCUT2D eigenvalue weighted by Gasteiger charge is 2.29. The Morgan fingerprint density at radius 1 is 1.17 bits per heavy atom. The molecule has 0 spiro atoms. The molecule has 1 unspecified atom stereocenters. The summed E-state index contributed by atoms with van der Waals surface area (Å²) in [6.45, 7) is 10.1. The number of likely N-dealkylation sites (tertiary alicyclic amines) is 1. The molecule has 0 aromatic carbocycles. The van der Waals surface area contributed by atoms with Crippen LogP contribution in [0.3, 0.4) is 0 Å². The number of rotatable bonds is 3. The Hall–Kier alpha value is -2.11. The highest BCUT2D eigenvalue weighted by atomic mass is 32.1. The van der Waals surface area contributed by atoms with Gasteiger partial charge < -0.3 is 20.0 Å². The highest BCUT2D eigenvalue weighted by Crippen LogP contribution is 2.23. The lowest BCUT2D eigenvalue weighted by atomic mass is 9.95. The minimum absolute atomic E-state index is 0.115. The van der Waals surface area contributed by atoms with Gasteiger partial charge in [0.1, 0.15) is 4.88 Å². The van der Waals surface area contributed by atoms with E-state index in [1.165, 1.54) is 31.2 Å². The molecular weight excluding hydrogens is 398 g/mol. The first-order valence-corrected chi connectivity index (χ1v) is 10.3. The summed E-state index contributed by atoms with van der Waals surface area (Å²) in [5.74, 6) is 0.828. The number of hydrogen-bond donors (Lipinski definition) is 2. The smallest absolute Gasteiger partial charge is 0.290 e. The summed E-state index contributed by atoms with van der Waals surface area (Å²) < 4.78 is 3.88. The lowest BCUT2D eigenvalue weighted by Gasteiger charge is -2.41. The molecule has 2 aliphatic heterocycles. The van der Waals surface area contributed by atoms with Crippen molar-refractivity contribution in [3.8, 4) is 0 Å². The van der Waals surface area contributed by atoms with Crippen LogP contribution in [0.5, 0.6) is 0 Å². The van der Waals surface area contributed by atoms with E-state index in [0.717, 1.165) is 38.2 Å². The van der Waals surface area contributed by atoms with Gasteiger partial charge in [0.25, 0.3) is 18.9 Å². The first kappa shape index (κ1) is 24.9. The number of carbonyl (C=O) groups is 3. The van der Waals surface area contributed by atoms with Gasteiger partial charge in [-0.2, -0.15) is 0 Å². The van der Waals surface area contributed by atoms with Crippen LogP contribution in [0.1, 0.15) is 35.1 Å². The van der Waals surface area contributed by atoms with E-state index >= 15 is 0 Å². The molecular formula is C18H31N5O5S. The van der Waals surface area contributed by atoms with Gasteiger partial charge in [-0.3, -0.25) is 19.3 Å². The summed E-state index contributed by atoms with van der Waals surface area (Å²) in [7, 11) is 2.20. The number of piperidine rings is 1. The summed E-state index contributed by atoms with van der Waals surface area (Å²) >= 11 is 1.22. The predicted molar refractivity (Wildman–Crippen MR) is 109 cm³/mol. The van der Waals surface area contributed by atoms with Gasteiger partial charge in [0.2, 0.25) is 0 Å². The van der Waals surface area contributed by atoms with Crippen LogP contribution in [0.4, 0.5) is 0 Å². The number of likely N-dealkylation sites (N-methyl/N-ethyl adjacent to an activating group) is 1. The quantitative estimate of drug-likeness (QED) is 0.669. The molecule has 0 bridgehead atoms. The fraction of sp³-hybridized carbons (Fsp3) is 0.722. The van der Waals surface area contributed by atoms with Crippen molar-refractivity contribution in [2.45, 2.75) is 32.7 Å². The molecule has 164 valence electrons. The first-order chi connectivity index (χ1) is 13.9. The number of carbonyl (C=O) groups excluding carboxylic acids is 1. The molecule has 0 radical (unpaired) electrons. The Labute approximate surface area is 175 Å². The van der Waals surface area contributed by atoms with E-state index in [-0.39, 0.29) is 18.9 Å². The molecule has 1 amide bonds. The zero-order valence-corrected chi connectivity index (χ0v) is 18.0. The van der Waals surface area contributed by atoms with Crippen LogP contribution < -0.4 is 0 Å². The van der Waals surface area contributed by atoms with Crippen molar-refractivity contribution in [1.82, 2.24) is 24.3 Å². The molecule has 2 saturated heterocycles. The third kappa shape index (κ3) is 8.03. The van der Waals surface area contributed by atoms with Crippen LogP contribution in [0, 0.1) is 12.8 Å². The Morgan fingerprint density at radius 2 is 1.76 bits per heavy atom. The maximum Gasteiger partial charge on any atom is 0.290 e. The number of hydrogen-bond acceptors (Lipinski definition) is 8. The molecule has 29 heavy (non-hydrogen) atoms. The van der Waals surface area contributed by atoms with Gasteiger partial charge in [0, 0.05) is 45.3 Å². The maximum absolute atomic E-state index is 12.5. The molecule has 1 aromatic rings. The Bertz CT molecular complexity index is 630. The van der Waals surface area contributed by atoms with Crippen LogP contribution >= 0.6 is 11.5 Å². The summed E-state index contributed by atoms with van der Waals surface area (Å²) in [6, 6.07) is 0.638. The average Bonchev–Trinajstić information content (AvgIpc) is 3.11. The molecule has 2 N–H and O–H groups in total. The number of amides is 1. The molecule has 2 fully saturated rings. The molecule has 1 atom stereocenters. The third-order valence-corrected chi connectivity index (χ3v) is 6.02. The zero-order valence-electron chi connectivity index (χ0n) is 17.2. The molecule has 2 aliphatic rings. The fourth-order valence-electron chi connectivity index (χ4n) is 3.67. The zero-order chi connectivity index (χ0) is 21.8. The van der Waals surface area contributed by atoms with E-state index < -0.39 is 0 Å². The van der Waals surface area contributed by atoms with Gasteiger partial charge >= 0.3 is 0 Å². The van der Waals surface area contributed by atoms with E-state index in [1.54, 1.807) is 0 Å². The molecule has 0 saturated carbocycles. The number of nitrogens with zero attached hydrogens (tertiary/aromatic N) is 5. The SMILES string of the molecule is Cc1nnsc1C(=O)N1CCC(CN2CCN(C)CC2C)CC1.O=CO.O=CO. The van der Waals surface area contributed by atoms with Gasteiger partial charge in [-0.1, -0.05) is 4.49 Å². The Kier molecular flexibility index (Phi) is 11.3. The standard InChI is InChI=1S/C16H27N5OS.2CH2O2/c1-12-10-19(3)8-9-21(12)11-14-4-6-20(7-5-14)16(22)15-13(2)17-18-23-15;2*2-1-3/h12,14H,4-11H2,1-3H3;2*1H,(H,2,3). The number of piperazine rings is 1. The van der Waals surface area contributed by atoms with Crippen molar-refractivity contribution in [1.29, 1.82) is 0 Å². The number of aryl methyl sites for hydroxylation is 1. The van der Waals surface area contributed by atoms with Crippen LogP contribution in [-0.2, 0) is 9.59 Å². The molecule has 3 rings (SSSR count). The fourth-order valence-corrected chi connectivity index (χ4v) is 4.30. The largest absolute Gasteiger partial charge is 0.483 e. The normalized spacial score (nSPS) is 20.7. The molecule has 3 heterocycles. The number of carboxylic acid groups (broad SMARTS) is 2. The molecule has 11 heteroatoms. The van der Waals surface area contributed by atoms with Gasteiger partial charge in [0.15, 0.2) is 0 Å². The van der Waals surface area contributed by atoms with Gasteiger partial charge in [-0.15, -0.1) is 5.10 Å². The monoisotopic (exact) mass is 429 g/mol. The van der Waals surface area contributed by atoms with Crippen LogP contribution in [0.2, 0.25) is 0 Å². The summed E-state index contributed by atoms with van der Waals surface area (Å²) in [5.41, 5.74) is 0.758. The molecule has 1 aromatic heterocycles. The van der Waals surface area contributed by atoms with E-state index in [2.05, 4.69) is 33.4 Å². The van der Waals surface area contributed by atoms with Crippen molar-refractivity contribution in [3.63, 3.8) is 0 Å². The molecule has 10 nitrogen and oxygen atoms in total. The van der Waals surface area contributed by atoms with Crippen LogP contribution in [0.25, 0.3) is 0 Å². The summed E-state index contributed by atoms with van der Waals surface area (Å²) in [4.78, 5) is 36.9. The van der Waals surface area contributed by atoms with Crippen molar-refractivity contribution < 1.29 is 24.6 Å². The van der Waals surface area contributed by atoms with Crippen LogP contribution in [-0.4, -0.2) is 106 Å². The maximum atomic E-state index is 12.5. The van der Waals surface area contributed by atoms with Crippen molar-refractivity contribution >= 4 is 30.4 Å². The lowest BCUT2D eigenvalue weighted by Crippen LogP contribution is -2.52. The topological polar surface area (TPSA) is 127 Å². The lowest BCUT2D eigenvalue weighted by molar-refractivity contribution is -0.123. The second-order valence-corrected chi connectivity index (χ2v) is 7.99. The Balaban J connectivity index is 0.000000626.